The zero-order chi connectivity index (χ0) is 18.8. The Balaban J connectivity index is 1.44. The first-order chi connectivity index (χ1) is 13.1. The molecule has 2 aromatic carbocycles. The molecule has 0 aromatic heterocycles. The fraction of sp³-hybridized carbons (Fsp3) is 0.375. The number of fused-ring (bicyclic) bond motifs is 2. The lowest BCUT2D eigenvalue weighted by Crippen LogP contribution is -2.43. The molecule has 27 heavy (non-hydrogen) atoms. The number of hydrogen-bond acceptors (Lipinski definition) is 2. The highest BCUT2D eigenvalue weighted by Crippen LogP contribution is 2.37. The van der Waals surface area contributed by atoms with Crippen LogP contribution in [0.15, 0.2) is 60.2 Å². The van der Waals surface area contributed by atoms with Gasteiger partial charge in [-0.05, 0) is 61.8 Å². The highest BCUT2D eigenvalue weighted by molar-refractivity contribution is 5.70. The van der Waals surface area contributed by atoms with E-state index >= 15 is 0 Å². The Labute approximate surface area is 161 Å². The summed E-state index contributed by atoms with van der Waals surface area (Å²) >= 11 is 0. The summed E-state index contributed by atoms with van der Waals surface area (Å²) in [5.74, 6) is 0. The molecule has 2 heterocycles. The second-order valence-corrected chi connectivity index (χ2v) is 7.82. The Kier molecular flexibility index (Phi) is 5.02. The van der Waals surface area contributed by atoms with Crippen molar-refractivity contribution in [1.29, 1.82) is 0 Å². The van der Waals surface area contributed by atoms with Gasteiger partial charge in [-0.25, -0.2) is 4.79 Å². The van der Waals surface area contributed by atoms with E-state index in [1.54, 1.807) is 0 Å². The molecule has 4 rings (SSSR count). The number of amides is 1. The Morgan fingerprint density at radius 3 is 2.48 bits per heavy atom. The smallest absolute Gasteiger partial charge is 0.410 e. The van der Waals surface area contributed by atoms with E-state index in [0.29, 0.717) is 6.61 Å². The van der Waals surface area contributed by atoms with E-state index in [9.17, 15) is 4.79 Å². The Hall–Kier alpha value is -2.55. The van der Waals surface area contributed by atoms with Gasteiger partial charge in [0.15, 0.2) is 0 Å². The molecule has 3 heteroatoms. The van der Waals surface area contributed by atoms with Crippen LogP contribution in [0.2, 0.25) is 0 Å². The summed E-state index contributed by atoms with van der Waals surface area (Å²) in [4.78, 5) is 14.6. The van der Waals surface area contributed by atoms with Crippen molar-refractivity contribution in [3.63, 3.8) is 0 Å². The van der Waals surface area contributed by atoms with Crippen LogP contribution < -0.4 is 0 Å². The molecule has 2 aromatic rings. The monoisotopic (exact) mass is 361 g/mol. The fourth-order valence-electron chi connectivity index (χ4n) is 4.48. The lowest BCUT2D eigenvalue weighted by molar-refractivity contribution is 0.0815. The highest BCUT2D eigenvalue weighted by Gasteiger charge is 2.40. The molecule has 2 bridgehead atoms. The van der Waals surface area contributed by atoms with Gasteiger partial charge in [-0.3, -0.25) is 4.90 Å². The van der Waals surface area contributed by atoms with Crippen molar-refractivity contribution in [2.45, 2.75) is 58.2 Å². The fourth-order valence-corrected chi connectivity index (χ4v) is 4.48. The molecule has 140 valence electrons. The van der Waals surface area contributed by atoms with Gasteiger partial charge in [0.25, 0.3) is 0 Å². The third kappa shape index (κ3) is 3.78. The lowest BCUT2D eigenvalue weighted by Gasteiger charge is -2.33. The first kappa shape index (κ1) is 17.8. The zero-order valence-electron chi connectivity index (χ0n) is 16.2. The van der Waals surface area contributed by atoms with Gasteiger partial charge in [-0.15, -0.1) is 0 Å². The van der Waals surface area contributed by atoms with Crippen LogP contribution >= 0.6 is 0 Å². The van der Waals surface area contributed by atoms with Crippen molar-refractivity contribution in [3.8, 4) is 0 Å². The summed E-state index contributed by atoms with van der Waals surface area (Å²) in [6.45, 7) is 4.72. The van der Waals surface area contributed by atoms with Crippen molar-refractivity contribution in [2.24, 2.45) is 0 Å². The molecule has 3 nitrogen and oxygen atoms in total. The highest BCUT2D eigenvalue weighted by atomic mass is 16.6. The summed E-state index contributed by atoms with van der Waals surface area (Å²) in [5.41, 5.74) is 6.64. The number of aryl methyl sites for hydroxylation is 2. The molecular formula is C24H27NO2. The molecule has 0 radical (unpaired) electrons. The Bertz CT molecular complexity index is 836. The topological polar surface area (TPSA) is 29.5 Å². The predicted molar refractivity (Wildman–Crippen MR) is 108 cm³/mol. The number of rotatable bonds is 4. The van der Waals surface area contributed by atoms with E-state index in [4.69, 9.17) is 4.74 Å². The lowest BCUT2D eigenvalue weighted by atomic mass is 9.91. The molecular weight excluding hydrogens is 334 g/mol. The standard InChI is InChI=1S/C24H27NO2/c1-17-7-6-8-18(2)23(17)15-20-13-21-11-12-22(14-20)25(21)24(26)27-16-19-9-4-3-5-10-19/h3-10,13,21-22H,11-12,14-16H2,1-2H3. The third-order valence-corrected chi connectivity index (χ3v) is 5.94. The predicted octanol–water partition coefficient (Wildman–Crippen LogP) is 5.35. The summed E-state index contributed by atoms with van der Waals surface area (Å²) in [6, 6.07) is 16.8. The second kappa shape index (κ2) is 7.59. The molecule has 1 saturated heterocycles. The van der Waals surface area contributed by atoms with E-state index in [0.717, 1.165) is 31.2 Å². The quantitative estimate of drug-likeness (QED) is 0.687. The van der Waals surface area contributed by atoms with E-state index in [1.165, 1.54) is 22.3 Å². The van der Waals surface area contributed by atoms with Gasteiger partial charge < -0.3 is 4.74 Å². The number of benzene rings is 2. The largest absolute Gasteiger partial charge is 0.445 e. The van der Waals surface area contributed by atoms with E-state index in [1.807, 2.05) is 35.2 Å². The molecule has 2 unspecified atom stereocenters. The number of ether oxygens (including phenoxy) is 1. The molecule has 1 amide bonds. The number of carbonyl (C=O) groups is 1. The maximum atomic E-state index is 12.7. The maximum Gasteiger partial charge on any atom is 0.410 e. The zero-order valence-corrected chi connectivity index (χ0v) is 16.2. The van der Waals surface area contributed by atoms with E-state index in [-0.39, 0.29) is 18.2 Å². The van der Waals surface area contributed by atoms with E-state index in [2.05, 4.69) is 38.1 Å². The summed E-state index contributed by atoms with van der Waals surface area (Å²) in [6.07, 6.45) is 6.22. The van der Waals surface area contributed by atoms with Crippen molar-refractivity contribution in [2.75, 3.05) is 0 Å². The molecule has 0 spiro atoms. The minimum Gasteiger partial charge on any atom is -0.445 e. The van der Waals surface area contributed by atoms with Crippen LogP contribution in [-0.4, -0.2) is 23.1 Å². The van der Waals surface area contributed by atoms with E-state index < -0.39 is 0 Å². The summed E-state index contributed by atoms with van der Waals surface area (Å²) in [7, 11) is 0. The van der Waals surface area contributed by atoms with Crippen LogP contribution in [-0.2, 0) is 17.8 Å². The van der Waals surface area contributed by atoms with Gasteiger partial charge in [-0.2, -0.15) is 0 Å². The molecule has 2 aliphatic rings. The first-order valence-corrected chi connectivity index (χ1v) is 9.85. The van der Waals surface area contributed by atoms with Gasteiger partial charge in [0.2, 0.25) is 0 Å². The van der Waals surface area contributed by atoms with Crippen molar-refractivity contribution in [1.82, 2.24) is 4.90 Å². The second-order valence-electron chi connectivity index (χ2n) is 7.82. The van der Waals surface area contributed by atoms with Crippen LogP contribution in [0.4, 0.5) is 4.79 Å². The minimum atomic E-state index is -0.172. The summed E-state index contributed by atoms with van der Waals surface area (Å²) in [5, 5.41) is 0. The van der Waals surface area contributed by atoms with Crippen LogP contribution in [0.25, 0.3) is 0 Å². The molecule has 0 N–H and O–H groups in total. The SMILES string of the molecule is Cc1cccc(C)c1CC1=CC2CCC(C1)N2C(=O)OCc1ccccc1. The average Bonchev–Trinajstić information content (AvgIpc) is 2.94. The third-order valence-electron chi connectivity index (χ3n) is 5.94. The van der Waals surface area contributed by atoms with Gasteiger partial charge >= 0.3 is 6.09 Å². The summed E-state index contributed by atoms with van der Waals surface area (Å²) < 4.78 is 5.60. The van der Waals surface area contributed by atoms with Crippen LogP contribution in [0.3, 0.4) is 0 Å². The molecule has 1 fully saturated rings. The molecule has 2 atom stereocenters. The molecule has 2 aliphatic heterocycles. The number of hydrogen-bond donors (Lipinski definition) is 0. The normalized spacial score (nSPS) is 21.1. The van der Waals surface area contributed by atoms with Crippen LogP contribution in [0.5, 0.6) is 0 Å². The van der Waals surface area contributed by atoms with Gasteiger partial charge in [0.05, 0.1) is 6.04 Å². The van der Waals surface area contributed by atoms with Gasteiger partial charge in [0, 0.05) is 6.04 Å². The number of nitrogens with zero attached hydrogens (tertiary/aromatic N) is 1. The average molecular weight is 361 g/mol. The maximum absolute atomic E-state index is 12.7. The van der Waals surface area contributed by atoms with Crippen LogP contribution in [0.1, 0.15) is 41.5 Å². The Morgan fingerprint density at radius 1 is 1.04 bits per heavy atom. The van der Waals surface area contributed by atoms with Crippen molar-refractivity contribution >= 4 is 6.09 Å². The number of carbonyl (C=O) groups excluding carboxylic acids is 1. The minimum absolute atomic E-state index is 0.172. The van der Waals surface area contributed by atoms with Crippen molar-refractivity contribution < 1.29 is 9.53 Å². The Morgan fingerprint density at radius 2 is 1.78 bits per heavy atom. The molecule has 0 aliphatic carbocycles. The van der Waals surface area contributed by atoms with Gasteiger partial charge in [0.1, 0.15) is 6.61 Å². The van der Waals surface area contributed by atoms with Gasteiger partial charge in [-0.1, -0.05) is 60.2 Å². The molecule has 0 saturated carbocycles. The first-order valence-electron chi connectivity index (χ1n) is 9.85. The van der Waals surface area contributed by atoms with Crippen LogP contribution in [0, 0.1) is 13.8 Å². The van der Waals surface area contributed by atoms with Crippen molar-refractivity contribution in [3.05, 3.63) is 82.4 Å².